The first-order valence-corrected chi connectivity index (χ1v) is 9.48. The van der Waals surface area contributed by atoms with Crippen molar-refractivity contribution >= 4 is 21.4 Å². The van der Waals surface area contributed by atoms with Crippen LogP contribution in [0.3, 0.4) is 0 Å². The summed E-state index contributed by atoms with van der Waals surface area (Å²) in [5, 5.41) is 0. The van der Waals surface area contributed by atoms with Gasteiger partial charge in [-0.2, -0.15) is 0 Å². The molecule has 1 heterocycles. The minimum atomic E-state index is -3.44. The van der Waals surface area contributed by atoms with E-state index in [9.17, 15) is 8.42 Å². The third-order valence-electron chi connectivity index (χ3n) is 4.00. The smallest absolute Gasteiger partial charge is 0.241 e. The molecule has 1 aliphatic rings. The lowest BCUT2D eigenvalue weighted by Crippen LogP contribution is -2.49. The zero-order valence-corrected chi connectivity index (χ0v) is 13.9. The van der Waals surface area contributed by atoms with Crippen molar-refractivity contribution in [2.45, 2.75) is 62.8 Å². The van der Waals surface area contributed by atoms with Crippen molar-refractivity contribution in [1.29, 1.82) is 0 Å². The Morgan fingerprint density at radius 3 is 2.35 bits per heavy atom. The van der Waals surface area contributed by atoms with Crippen LogP contribution < -0.4 is 10.5 Å². The van der Waals surface area contributed by atoms with Crippen LogP contribution in [0.4, 0.5) is 0 Å². The van der Waals surface area contributed by atoms with Gasteiger partial charge in [0, 0.05) is 21.8 Å². The molecule has 0 aliphatic heterocycles. The Balaban J connectivity index is 2.07. The lowest BCUT2D eigenvalue weighted by atomic mass is 9.92. The van der Waals surface area contributed by atoms with Crippen LogP contribution in [-0.2, 0) is 10.0 Å². The first-order chi connectivity index (χ1) is 9.32. The van der Waals surface area contributed by atoms with Gasteiger partial charge in [-0.05, 0) is 32.8 Å². The number of nitrogens with two attached hydrogens (primary N) is 1. The van der Waals surface area contributed by atoms with E-state index in [1.807, 2.05) is 13.8 Å². The van der Waals surface area contributed by atoms with Crippen LogP contribution >= 0.6 is 11.3 Å². The molecule has 0 bridgehead atoms. The molecule has 3 N–H and O–H groups in total. The molecule has 0 atom stereocenters. The summed E-state index contributed by atoms with van der Waals surface area (Å²) >= 11 is 1.51. The van der Waals surface area contributed by atoms with Crippen molar-refractivity contribution in [2.24, 2.45) is 5.73 Å². The monoisotopic (exact) mass is 316 g/mol. The number of thiophene rings is 1. The van der Waals surface area contributed by atoms with Gasteiger partial charge in [0.05, 0.1) is 4.90 Å². The second-order valence-electron chi connectivity index (χ2n) is 5.88. The minimum Gasteiger partial charge on any atom is -0.324 e. The summed E-state index contributed by atoms with van der Waals surface area (Å²) in [5.41, 5.74) is 5.98. The molecule has 1 fully saturated rings. The van der Waals surface area contributed by atoms with Crippen molar-refractivity contribution in [3.05, 3.63) is 15.8 Å². The van der Waals surface area contributed by atoms with Gasteiger partial charge in [0.25, 0.3) is 0 Å². The first kappa shape index (κ1) is 15.9. The number of nitrogens with one attached hydrogen (secondary N) is 1. The Kier molecular flexibility index (Phi) is 4.89. The molecule has 0 unspecified atom stereocenters. The first-order valence-electron chi connectivity index (χ1n) is 7.18. The summed E-state index contributed by atoms with van der Waals surface area (Å²) in [7, 11) is -3.44. The predicted octanol–water partition coefficient (Wildman–Crippen LogP) is 2.69. The van der Waals surface area contributed by atoms with Crippen LogP contribution in [0.15, 0.2) is 11.0 Å². The van der Waals surface area contributed by atoms with Gasteiger partial charge in [-0.15, -0.1) is 11.3 Å². The minimum absolute atomic E-state index is 0.337. The number of hydrogen-bond acceptors (Lipinski definition) is 4. The Labute approximate surface area is 125 Å². The molecule has 0 saturated heterocycles. The Bertz CT molecular complexity index is 556. The van der Waals surface area contributed by atoms with Gasteiger partial charge in [-0.25, -0.2) is 13.1 Å². The van der Waals surface area contributed by atoms with E-state index in [-0.39, 0.29) is 5.54 Å². The van der Waals surface area contributed by atoms with E-state index >= 15 is 0 Å². The Morgan fingerprint density at radius 2 is 1.85 bits per heavy atom. The molecular weight excluding hydrogens is 292 g/mol. The fraction of sp³-hybridized carbons (Fsp3) is 0.714. The molecule has 2 rings (SSSR count). The molecule has 0 aromatic carbocycles. The van der Waals surface area contributed by atoms with Crippen molar-refractivity contribution in [3.63, 3.8) is 0 Å². The molecule has 114 valence electrons. The number of hydrogen-bond donors (Lipinski definition) is 2. The van der Waals surface area contributed by atoms with E-state index in [1.165, 1.54) is 24.2 Å². The van der Waals surface area contributed by atoms with Crippen molar-refractivity contribution in [3.8, 4) is 0 Å². The van der Waals surface area contributed by atoms with E-state index in [4.69, 9.17) is 5.73 Å². The lowest BCUT2D eigenvalue weighted by Gasteiger charge is -2.28. The van der Waals surface area contributed by atoms with Gasteiger partial charge in [-0.3, -0.25) is 0 Å². The summed E-state index contributed by atoms with van der Waals surface area (Å²) in [5.74, 6) is 0. The standard InChI is InChI=1S/C14H24N2O2S2/c1-11-9-13(12(2)19-11)20(17,18)16-10-14(15)7-5-3-4-6-8-14/h9,16H,3-8,10,15H2,1-2H3. The van der Waals surface area contributed by atoms with Gasteiger partial charge in [0.1, 0.15) is 0 Å². The molecule has 6 heteroatoms. The number of sulfonamides is 1. The average molecular weight is 316 g/mol. The molecule has 1 aromatic heterocycles. The van der Waals surface area contributed by atoms with Gasteiger partial charge in [-0.1, -0.05) is 25.7 Å². The highest BCUT2D eigenvalue weighted by Gasteiger charge is 2.29. The maximum Gasteiger partial charge on any atom is 0.241 e. The second-order valence-corrected chi connectivity index (χ2v) is 9.07. The molecule has 0 spiro atoms. The predicted molar refractivity (Wildman–Crippen MR) is 83.6 cm³/mol. The molecule has 20 heavy (non-hydrogen) atoms. The summed E-state index contributed by atoms with van der Waals surface area (Å²) < 4.78 is 27.5. The highest BCUT2D eigenvalue weighted by molar-refractivity contribution is 7.89. The van der Waals surface area contributed by atoms with Crippen LogP contribution in [0.5, 0.6) is 0 Å². The Morgan fingerprint density at radius 1 is 1.25 bits per heavy atom. The van der Waals surface area contributed by atoms with Crippen molar-refractivity contribution < 1.29 is 8.42 Å². The number of rotatable bonds is 4. The molecular formula is C14H24N2O2S2. The SMILES string of the molecule is Cc1cc(S(=O)(=O)NCC2(N)CCCCCC2)c(C)s1. The van der Waals surface area contributed by atoms with Gasteiger partial charge >= 0.3 is 0 Å². The highest BCUT2D eigenvalue weighted by atomic mass is 32.2. The van der Waals surface area contributed by atoms with Crippen LogP contribution in [0.2, 0.25) is 0 Å². The van der Waals surface area contributed by atoms with Crippen molar-refractivity contribution in [2.75, 3.05) is 6.54 Å². The van der Waals surface area contributed by atoms with Gasteiger partial charge in [0.2, 0.25) is 10.0 Å². The summed E-state index contributed by atoms with van der Waals surface area (Å²) in [4.78, 5) is 2.25. The number of aryl methyl sites for hydroxylation is 2. The van der Waals surface area contributed by atoms with E-state index < -0.39 is 10.0 Å². The van der Waals surface area contributed by atoms with Crippen LogP contribution in [0.1, 0.15) is 48.3 Å². The molecule has 1 aliphatic carbocycles. The zero-order chi connectivity index (χ0) is 14.8. The topological polar surface area (TPSA) is 72.2 Å². The van der Waals surface area contributed by atoms with E-state index in [0.717, 1.165) is 35.4 Å². The third kappa shape index (κ3) is 3.81. The maximum atomic E-state index is 12.4. The van der Waals surface area contributed by atoms with Gasteiger partial charge < -0.3 is 5.73 Å². The Hall–Kier alpha value is -0.430. The molecule has 0 amide bonds. The summed E-state index contributed by atoms with van der Waals surface area (Å²) in [6.45, 7) is 4.10. The van der Waals surface area contributed by atoms with E-state index in [2.05, 4.69) is 4.72 Å². The normalized spacial score (nSPS) is 19.8. The molecule has 1 saturated carbocycles. The molecule has 4 nitrogen and oxygen atoms in total. The average Bonchev–Trinajstić information content (AvgIpc) is 2.59. The third-order valence-corrected chi connectivity index (χ3v) is 6.62. The maximum absolute atomic E-state index is 12.4. The summed E-state index contributed by atoms with van der Waals surface area (Å²) in [6.07, 6.45) is 6.39. The van der Waals surface area contributed by atoms with Crippen LogP contribution in [0.25, 0.3) is 0 Å². The van der Waals surface area contributed by atoms with E-state index in [1.54, 1.807) is 6.07 Å². The fourth-order valence-corrected chi connectivity index (χ4v) is 5.49. The second kappa shape index (κ2) is 6.13. The van der Waals surface area contributed by atoms with Gasteiger partial charge in [0.15, 0.2) is 0 Å². The fourth-order valence-electron chi connectivity index (χ4n) is 2.80. The van der Waals surface area contributed by atoms with Crippen LogP contribution in [0, 0.1) is 13.8 Å². The van der Waals surface area contributed by atoms with Crippen molar-refractivity contribution in [1.82, 2.24) is 4.72 Å². The van der Waals surface area contributed by atoms with E-state index in [0.29, 0.717) is 11.4 Å². The highest BCUT2D eigenvalue weighted by Crippen LogP contribution is 2.27. The molecule has 1 aromatic rings. The zero-order valence-electron chi connectivity index (χ0n) is 12.2. The molecule has 0 radical (unpaired) electrons. The quantitative estimate of drug-likeness (QED) is 0.839. The summed E-state index contributed by atoms with van der Waals surface area (Å²) in [6, 6.07) is 1.73. The largest absolute Gasteiger partial charge is 0.324 e. The van der Waals surface area contributed by atoms with Crippen LogP contribution in [-0.4, -0.2) is 20.5 Å². The lowest BCUT2D eigenvalue weighted by molar-refractivity contribution is 0.369.